The highest BCUT2D eigenvalue weighted by Gasteiger charge is 2.04. The Balaban J connectivity index is 2.16. The van der Waals surface area contributed by atoms with Crippen molar-refractivity contribution in [3.8, 4) is 11.5 Å². The molecule has 1 rings (SSSR count). The standard InChI is InChI=1S/C16H22O6/c1-13(17)3-8-16(18)22-12-11-21-15-6-4-14(5-7-15)20-10-9-19-2/h4-7H,3,8-12H2,1-2H3. The fraction of sp³-hybridized carbons (Fsp3) is 0.500. The summed E-state index contributed by atoms with van der Waals surface area (Å²) in [5.74, 6) is 0.987. The third kappa shape index (κ3) is 8.26. The zero-order valence-corrected chi connectivity index (χ0v) is 13.0. The lowest BCUT2D eigenvalue weighted by Crippen LogP contribution is -2.12. The molecule has 0 aromatic heterocycles. The van der Waals surface area contributed by atoms with E-state index < -0.39 is 0 Å². The van der Waals surface area contributed by atoms with Crippen molar-refractivity contribution in [1.82, 2.24) is 0 Å². The quantitative estimate of drug-likeness (QED) is 0.460. The molecule has 0 bridgehead atoms. The molecule has 0 heterocycles. The molecule has 0 N–H and O–H groups in total. The van der Waals surface area contributed by atoms with Gasteiger partial charge < -0.3 is 23.7 Å². The molecular formula is C16H22O6. The van der Waals surface area contributed by atoms with E-state index >= 15 is 0 Å². The maximum absolute atomic E-state index is 11.3. The van der Waals surface area contributed by atoms with Crippen LogP contribution in [0.3, 0.4) is 0 Å². The van der Waals surface area contributed by atoms with Gasteiger partial charge in [0.1, 0.15) is 37.1 Å². The summed E-state index contributed by atoms with van der Waals surface area (Å²) in [6.45, 7) is 2.89. The molecule has 0 aliphatic heterocycles. The van der Waals surface area contributed by atoms with Gasteiger partial charge in [0, 0.05) is 13.5 Å². The van der Waals surface area contributed by atoms with Gasteiger partial charge in [0.15, 0.2) is 0 Å². The van der Waals surface area contributed by atoms with Gasteiger partial charge in [-0.05, 0) is 31.2 Å². The first-order valence-electron chi connectivity index (χ1n) is 7.11. The number of benzene rings is 1. The van der Waals surface area contributed by atoms with Gasteiger partial charge >= 0.3 is 5.97 Å². The normalized spacial score (nSPS) is 10.1. The topological polar surface area (TPSA) is 71.1 Å². The van der Waals surface area contributed by atoms with Gasteiger partial charge in [0.25, 0.3) is 0 Å². The van der Waals surface area contributed by atoms with Crippen LogP contribution in [0.4, 0.5) is 0 Å². The second kappa shape index (κ2) is 10.6. The molecule has 6 heteroatoms. The molecule has 0 saturated heterocycles. The van der Waals surface area contributed by atoms with Crippen molar-refractivity contribution in [3.05, 3.63) is 24.3 Å². The first-order valence-corrected chi connectivity index (χ1v) is 7.11. The van der Waals surface area contributed by atoms with Crippen LogP contribution in [-0.2, 0) is 19.1 Å². The summed E-state index contributed by atoms with van der Waals surface area (Å²) in [5.41, 5.74) is 0. The van der Waals surface area contributed by atoms with E-state index in [1.54, 1.807) is 31.4 Å². The summed E-state index contributed by atoms with van der Waals surface area (Å²) < 4.78 is 20.7. The fourth-order valence-corrected chi connectivity index (χ4v) is 1.54. The Bertz CT molecular complexity index is 454. The van der Waals surface area contributed by atoms with Crippen LogP contribution in [-0.4, -0.2) is 45.3 Å². The van der Waals surface area contributed by atoms with Gasteiger partial charge in [-0.1, -0.05) is 0 Å². The number of carbonyl (C=O) groups excluding carboxylic acids is 2. The Morgan fingerprint density at radius 2 is 1.41 bits per heavy atom. The molecule has 0 spiro atoms. The Morgan fingerprint density at radius 1 is 0.864 bits per heavy atom. The van der Waals surface area contributed by atoms with Gasteiger partial charge in [-0.25, -0.2) is 0 Å². The summed E-state index contributed by atoms with van der Waals surface area (Å²) >= 11 is 0. The second-order valence-electron chi connectivity index (χ2n) is 4.58. The minimum Gasteiger partial charge on any atom is -0.491 e. The van der Waals surface area contributed by atoms with Gasteiger partial charge in [-0.15, -0.1) is 0 Å². The van der Waals surface area contributed by atoms with E-state index in [2.05, 4.69) is 0 Å². The monoisotopic (exact) mass is 310 g/mol. The molecule has 0 unspecified atom stereocenters. The SMILES string of the molecule is COCCOc1ccc(OCCOC(=O)CCC(C)=O)cc1. The molecule has 1 aromatic rings. The predicted molar refractivity (Wildman–Crippen MR) is 80.2 cm³/mol. The molecule has 122 valence electrons. The van der Waals surface area contributed by atoms with Crippen LogP contribution >= 0.6 is 0 Å². The average Bonchev–Trinajstić information content (AvgIpc) is 2.51. The third-order valence-corrected chi connectivity index (χ3v) is 2.68. The Kier molecular flexibility index (Phi) is 8.67. The molecule has 0 aliphatic rings. The number of esters is 1. The largest absolute Gasteiger partial charge is 0.491 e. The van der Waals surface area contributed by atoms with E-state index in [0.29, 0.717) is 19.0 Å². The molecule has 0 saturated carbocycles. The van der Waals surface area contributed by atoms with Crippen molar-refractivity contribution in [1.29, 1.82) is 0 Å². The van der Waals surface area contributed by atoms with Crippen LogP contribution in [0, 0.1) is 0 Å². The van der Waals surface area contributed by atoms with E-state index in [1.165, 1.54) is 6.92 Å². The number of Topliss-reactive ketones (excluding diaryl/α,β-unsaturated/α-hetero) is 1. The number of hydrogen-bond donors (Lipinski definition) is 0. The third-order valence-electron chi connectivity index (χ3n) is 2.68. The number of carbonyl (C=O) groups is 2. The Hall–Kier alpha value is -2.08. The van der Waals surface area contributed by atoms with Crippen molar-refractivity contribution in [2.24, 2.45) is 0 Å². The van der Waals surface area contributed by atoms with E-state index in [-0.39, 0.29) is 37.8 Å². The zero-order chi connectivity index (χ0) is 16.2. The van der Waals surface area contributed by atoms with Crippen molar-refractivity contribution in [2.75, 3.05) is 33.5 Å². The fourth-order valence-electron chi connectivity index (χ4n) is 1.54. The molecule has 0 fully saturated rings. The van der Waals surface area contributed by atoms with Crippen LogP contribution in [0.5, 0.6) is 11.5 Å². The lowest BCUT2D eigenvalue weighted by Gasteiger charge is -2.09. The first-order chi connectivity index (χ1) is 10.6. The van der Waals surface area contributed by atoms with Crippen molar-refractivity contribution >= 4 is 11.8 Å². The average molecular weight is 310 g/mol. The van der Waals surface area contributed by atoms with Gasteiger partial charge in [-0.3, -0.25) is 4.79 Å². The summed E-state index contributed by atoms with van der Waals surface area (Å²) in [4.78, 5) is 22.0. The van der Waals surface area contributed by atoms with Crippen LogP contribution in [0.15, 0.2) is 24.3 Å². The summed E-state index contributed by atoms with van der Waals surface area (Å²) in [6.07, 6.45) is 0.326. The first kappa shape index (κ1) is 18.0. The Labute approximate surface area is 130 Å². The van der Waals surface area contributed by atoms with Crippen LogP contribution in [0.25, 0.3) is 0 Å². The van der Waals surface area contributed by atoms with Crippen LogP contribution in [0.2, 0.25) is 0 Å². The number of ether oxygens (including phenoxy) is 4. The van der Waals surface area contributed by atoms with E-state index in [1.807, 2.05) is 0 Å². The van der Waals surface area contributed by atoms with Gasteiger partial charge in [-0.2, -0.15) is 0 Å². The highest BCUT2D eigenvalue weighted by Crippen LogP contribution is 2.17. The van der Waals surface area contributed by atoms with E-state index in [9.17, 15) is 9.59 Å². The molecule has 22 heavy (non-hydrogen) atoms. The van der Waals surface area contributed by atoms with Crippen molar-refractivity contribution in [2.45, 2.75) is 19.8 Å². The summed E-state index contributed by atoms with van der Waals surface area (Å²) in [5, 5.41) is 0. The van der Waals surface area contributed by atoms with Crippen LogP contribution < -0.4 is 9.47 Å². The minimum atomic E-state index is -0.388. The maximum atomic E-state index is 11.3. The highest BCUT2D eigenvalue weighted by atomic mass is 16.6. The molecular weight excluding hydrogens is 288 g/mol. The van der Waals surface area contributed by atoms with Crippen LogP contribution in [0.1, 0.15) is 19.8 Å². The molecule has 1 aromatic carbocycles. The van der Waals surface area contributed by atoms with Gasteiger partial charge in [0.2, 0.25) is 0 Å². The van der Waals surface area contributed by atoms with Gasteiger partial charge in [0.05, 0.1) is 13.0 Å². The zero-order valence-electron chi connectivity index (χ0n) is 13.0. The molecule has 0 amide bonds. The molecule has 0 aliphatic carbocycles. The molecule has 0 radical (unpaired) electrons. The second-order valence-corrected chi connectivity index (χ2v) is 4.58. The van der Waals surface area contributed by atoms with Crippen molar-refractivity contribution in [3.63, 3.8) is 0 Å². The summed E-state index contributed by atoms with van der Waals surface area (Å²) in [6, 6.07) is 7.15. The number of methoxy groups -OCH3 is 1. The number of ketones is 1. The van der Waals surface area contributed by atoms with E-state index in [4.69, 9.17) is 18.9 Å². The lowest BCUT2D eigenvalue weighted by atomic mass is 10.2. The number of rotatable bonds is 11. The lowest BCUT2D eigenvalue weighted by molar-refractivity contribution is -0.145. The summed E-state index contributed by atoms with van der Waals surface area (Å²) in [7, 11) is 1.62. The van der Waals surface area contributed by atoms with Crippen molar-refractivity contribution < 1.29 is 28.5 Å². The molecule has 6 nitrogen and oxygen atoms in total. The highest BCUT2D eigenvalue weighted by molar-refractivity contribution is 5.80. The maximum Gasteiger partial charge on any atom is 0.306 e. The predicted octanol–water partition coefficient (Wildman–Crippen LogP) is 2.00. The molecule has 0 atom stereocenters. The minimum absolute atomic E-state index is 0.0268. The smallest absolute Gasteiger partial charge is 0.306 e. The van der Waals surface area contributed by atoms with E-state index in [0.717, 1.165) is 5.75 Å². The number of hydrogen-bond acceptors (Lipinski definition) is 6. The Morgan fingerprint density at radius 3 is 1.91 bits per heavy atom.